The van der Waals surface area contributed by atoms with Crippen LogP contribution in [0.2, 0.25) is 5.02 Å². The molecule has 172 valence electrons. The first-order valence-electron chi connectivity index (χ1n) is 11.3. The van der Waals surface area contributed by atoms with Gasteiger partial charge in [-0.15, -0.1) is 0 Å². The lowest BCUT2D eigenvalue weighted by Crippen LogP contribution is -2.39. The molecule has 3 N–H and O–H groups in total. The van der Waals surface area contributed by atoms with Gasteiger partial charge in [0.05, 0.1) is 29.0 Å². The van der Waals surface area contributed by atoms with Gasteiger partial charge in [-0.3, -0.25) is 19.4 Å². The minimum atomic E-state index is -0.339. The van der Waals surface area contributed by atoms with Crippen molar-refractivity contribution in [1.82, 2.24) is 19.9 Å². The summed E-state index contributed by atoms with van der Waals surface area (Å²) in [6, 6.07) is 3.74. The molecule has 8 nitrogen and oxygen atoms in total. The van der Waals surface area contributed by atoms with Gasteiger partial charge in [-0.25, -0.2) is 0 Å². The second-order valence-corrected chi connectivity index (χ2v) is 9.54. The summed E-state index contributed by atoms with van der Waals surface area (Å²) in [6.45, 7) is 1.90. The molecule has 5 rings (SSSR count). The molecule has 33 heavy (non-hydrogen) atoms. The van der Waals surface area contributed by atoms with E-state index in [9.17, 15) is 14.4 Å². The Morgan fingerprint density at radius 3 is 2.88 bits per heavy atom. The SMILES string of the molecule is Cc1cc2c(c(=O)n1CC(=O)NCc1cc3c(Cl)c[nH]c3cn1)NC(=O)[C@@H](CC1CCC1)C2. The molecular weight excluding hydrogens is 442 g/mol. The van der Waals surface area contributed by atoms with Gasteiger partial charge in [0, 0.05) is 23.2 Å². The number of hydrogen-bond acceptors (Lipinski definition) is 4. The number of carbonyl (C=O) groups excluding carboxylic acids is 2. The Kier molecular flexibility index (Phi) is 5.70. The zero-order valence-corrected chi connectivity index (χ0v) is 19.2. The number of rotatable bonds is 6. The average molecular weight is 468 g/mol. The van der Waals surface area contributed by atoms with Crippen LogP contribution >= 0.6 is 11.6 Å². The summed E-state index contributed by atoms with van der Waals surface area (Å²) in [5.41, 5.74) is 3.01. The van der Waals surface area contributed by atoms with Gasteiger partial charge in [0.1, 0.15) is 12.2 Å². The van der Waals surface area contributed by atoms with Crippen molar-refractivity contribution >= 4 is 40.0 Å². The fourth-order valence-corrected chi connectivity index (χ4v) is 4.96. The summed E-state index contributed by atoms with van der Waals surface area (Å²) >= 11 is 6.15. The molecule has 3 aromatic heterocycles. The van der Waals surface area contributed by atoms with E-state index in [0.29, 0.717) is 34.4 Å². The molecule has 4 heterocycles. The number of hydrogen-bond donors (Lipinski definition) is 3. The molecule has 0 radical (unpaired) electrons. The maximum atomic E-state index is 13.1. The number of nitrogens with zero attached hydrogens (tertiary/aromatic N) is 2. The second kappa shape index (κ2) is 8.67. The molecule has 2 amide bonds. The lowest BCUT2D eigenvalue weighted by Gasteiger charge is -2.32. The topological polar surface area (TPSA) is 109 Å². The van der Waals surface area contributed by atoms with E-state index < -0.39 is 0 Å². The number of halogens is 1. The van der Waals surface area contributed by atoms with Crippen LogP contribution in [0.5, 0.6) is 0 Å². The fourth-order valence-electron chi connectivity index (χ4n) is 4.75. The van der Waals surface area contributed by atoms with Crippen molar-refractivity contribution in [3.63, 3.8) is 0 Å². The molecule has 0 bridgehead atoms. The van der Waals surface area contributed by atoms with Gasteiger partial charge in [-0.2, -0.15) is 0 Å². The van der Waals surface area contributed by atoms with Crippen LogP contribution in [0, 0.1) is 18.8 Å². The van der Waals surface area contributed by atoms with E-state index in [4.69, 9.17) is 11.6 Å². The number of fused-ring (bicyclic) bond motifs is 2. The fraction of sp³-hybridized carbons (Fsp3) is 0.417. The highest BCUT2D eigenvalue weighted by molar-refractivity contribution is 6.35. The molecule has 1 saturated carbocycles. The third-order valence-corrected chi connectivity index (χ3v) is 7.17. The molecule has 0 unspecified atom stereocenters. The van der Waals surface area contributed by atoms with E-state index in [1.807, 2.05) is 19.1 Å². The minimum absolute atomic E-state index is 0.0842. The second-order valence-electron chi connectivity index (χ2n) is 9.13. The Morgan fingerprint density at radius 1 is 1.30 bits per heavy atom. The molecule has 1 aliphatic heterocycles. The number of nitrogens with one attached hydrogen (secondary N) is 3. The van der Waals surface area contributed by atoms with Gasteiger partial charge < -0.3 is 20.2 Å². The summed E-state index contributed by atoms with van der Waals surface area (Å²) in [5.74, 6) is 0.138. The van der Waals surface area contributed by atoms with E-state index in [-0.39, 0.29) is 36.4 Å². The summed E-state index contributed by atoms with van der Waals surface area (Å²) in [5, 5.41) is 7.06. The van der Waals surface area contributed by atoms with E-state index in [0.717, 1.165) is 22.9 Å². The first kappa shape index (κ1) is 21.7. The number of aromatic amines is 1. The molecule has 0 saturated heterocycles. The van der Waals surface area contributed by atoms with E-state index in [1.165, 1.54) is 23.8 Å². The molecular formula is C24H26ClN5O3. The van der Waals surface area contributed by atoms with Crippen LogP contribution in [-0.2, 0) is 29.1 Å². The van der Waals surface area contributed by atoms with Crippen LogP contribution in [0.3, 0.4) is 0 Å². The zero-order chi connectivity index (χ0) is 23.1. The average Bonchev–Trinajstić information content (AvgIpc) is 3.13. The molecule has 1 atom stereocenters. The highest BCUT2D eigenvalue weighted by atomic mass is 35.5. The van der Waals surface area contributed by atoms with Gasteiger partial charge in [0.2, 0.25) is 11.8 Å². The highest BCUT2D eigenvalue weighted by Gasteiger charge is 2.32. The van der Waals surface area contributed by atoms with Crippen molar-refractivity contribution < 1.29 is 9.59 Å². The number of H-pyrrole nitrogens is 1. The molecule has 2 aliphatic rings. The number of aryl methyl sites for hydroxylation is 1. The maximum absolute atomic E-state index is 13.1. The van der Waals surface area contributed by atoms with Gasteiger partial charge >= 0.3 is 0 Å². The summed E-state index contributed by atoms with van der Waals surface area (Å²) in [6.07, 6.45) is 8.44. The van der Waals surface area contributed by atoms with Crippen molar-refractivity contribution in [3.8, 4) is 0 Å². The van der Waals surface area contributed by atoms with E-state index in [1.54, 1.807) is 12.4 Å². The van der Waals surface area contributed by atoms with Gasteiger partial charge in [-0.1, -0.05) is 30.9 Å². The number of aromatic nitrogens is 3. The Morgan fingerprint density at radius 2 is 2.12 bits per heavy atom. The number of carbonyl (C=O) groups is 2. The predicted molar refractivity (Wildman–Crippen MR) is 126 cm³/mol. The normalized spacial score (nSPS) is 18.0. The predicted octanol–water partition coefficient (Wildman–Crippen LogP) is 3.30. The Hall–Kier alpha value is -3.13. The molecule has 1 fully saturated rings. The largest absolute Gasteiger partial charge is 0.358 e. The summed E-state index contributed by atoms with van der Waals surface area (Å²) in [7, 11) is 0. The standard InChI is InChI=1S/C24H26ClN5O3/c1-13-5-15-7-16(6-14-3-2-4-14)23(32)29-22(15)24(33)30(13)12-21(31)28-9-17-8-18-19(25)10-27-20(18)11-26-17/h5,8,10-11,14,16,27H,2-4,6-7,9,12H2,1H3,(H,28,31)(H,29,32)/t16-/m0/s1. The molecule has 0 spiro atoms. The zero-order valence-electron chi connectivity index (χ0n) is 18.4. The summed E-state index contributed by atoms with van der Waals surface area (Å²) < 4.78 is 1.40. The number of amides is 2. The van der Waals surface area contributed by atoms with Crippen LogP contribution in [0.15, 0.2) is 29.3 Å². The first-order valence-corrected chi connectivity index (χ1v) is 11.7. The molecule has 0 aromatic carbocycles. The lowest BCUT2D eigenvalue weighted by atomic mass is 9.76. The van der Waals surface area contributed by atoms with Crippen molar-refractivity contribution in [3.05, 3.63) is 56.9 Å². The van der Waals surface area contributed by atoms with Crippen LogP contribution in [-0.4, -0.2) is 26.3 Å². The molecule has 9 heteroatoms. The highest BCUT2D eigenvalue weighted by Crippen LogP contribution is 2.35. The van der Waals surface area contributed by atoms with Crippen molar-refractivity contribution in [2.75, 3.05) is 5.32 Å². The molecule has 1 aliphatic carbocycles. The Bertz CT molecular complexity index is 1310. The quantitative estimate of drug-likeness (QED) is 0.516. The van der Waals surface area contributed by atoms with Crippen molar-refractivity contribution in [1.29, 1.82) is 0 Å². The number of pyridine rings is 2. The Labute approximate surface area is 195 Å². The van der Waals surface area contributed by atoms with Crippen LogP contribution < -0.4 is 16.2 Å². The van der Waals surface area contributed by atoms with Crippen LogP contribution in [0.25, 0.3) is 10.9 Å². The lowest BCUT2D eigenvalue weighted by molar-refractivity contribution is -0.122. The van der Waals surface area contributed by atoms with Crippen molar-refractivity contribution in [2.45, 2.75) is 52.1 Å². The van der Waals surface area contributed by atoms with Crippen LogP contribution in [0.1, 0.15) is 42.6 Å². The van der Waals surface area contributed by atoms with Crippen molar-refractivity contribution in [2.24, 2.45) is 11.8 Å². The smallest absolute Gasteiger partial charge is 0.275 e. The first-order chi connectivity index (χ1) is 15.9. The minimum Gasteiger partial charge on any atom is -0.358 e. The van der Waals surface area contributed by atoms with Gasteiger partial charge in [0.25, 0.3) is 5.56 Å². The van der Waals surface area contributed by atoms with E-state index in [2.05, 4.69) is 20.6 Å². The Balaban J connectivity index is 1.27. The number of anilines is 1. The van der Waals surface area contributed by atoms with Crippen LogP contribution in [0.4, 0.5) is 5.69 Å². The van der Waals surface area contributed by atoms with Gasteiger partial charge in [-0.05, 0) is 43.4 Å². The monoisotopic (exact) mass is 467 g/mol. The summed E-state index contributed by atoms with van der Waals surface area (Å²) in [4.78, 5) is 45.6. The third kappa shape index (κ3) is 4.27. The van der Waals surface area contributed by atoms with Gasteiger partial charge in [0.15, 0.2) is 0 Å². The molecule has 3 aromatic rings. The van der Waals surface area contributed by atoms with E-state index >= 15 is 0 Å². The maximum Gasteiger partial charge on any atom is 0.275 e. The third-order valence-electron chi connectivity index (χ3n) is 6.86.